The maximum Gasteiger partial charge on any atom is 0.220 e. The number of hydrogen-bond acceptors (Lipinski definition) is 3. The molecule has 1 unspecified atom stereocenters. The number of nitrogens with one attached hydrogen (secondary N) is 1. The lowest BCUT2D eigenvalue weighted by atomic mass is 9.84. The largest absolute Gasteiger partial charge is 0.379 e. The van der Waals surface area contributed by atoms with Crippen LogP contribution in [0, 0.1) is 5.92 Å². The van der Waals surface area contributed by atoms with Gasteiger partial charge >= 0.3 is 0 Å². The summed E-state index contributed by atoms with van der Waals surface area (Å²) in [6.45, 7) is 1.53. The molecule has 2 aliphatic rings. The lowest BCUT2D eigenvalue weighted by molar-refractivity contribution is -0.123. The van der Waals surface area contributed by atoms with Gasteiger partial charge in [0.15, 0.2) is 0 Å². The van der Waals surface area contributed by atoms with Gasteiger partial charge in [-0.2, -0.15) is 0 Å². The van der Waals surface area contributed by atoms with Gasteiger partial charge in [-0.05, 0) is 50.9 Å². The van der Waals surface area contributed by atoms with Crippen LogP contribution in [-0.4, -0.2) is 31.2 Å². The summed E-state index contributed by atoms with van der Waals surface area (Å²) in [5.74, 6) is 0.901. The van der Waals surface area contributed by atoms with Crippen molar-refractivity contribution in [1.82, 2.24) is 5.32 Å². The van der Waals surface area contributed by atoms with Crippen LogP contribution in [0.1, 0.15) is 51.4 Å². The van der Waals surface area contributed by atoms with Crippen LogP contribution in [0.5, 0.6) is 0 Å². The van der Waals surface area contributed by atoms with E-state index in [4.69, 9.17) is 10.5 Å². The van der Waals surface area contributed by atoms with E-state index in [0.717, 1.165) is 38.7 Å². The third-order valence-corrected chi connectivity index (χ3v) is 4.20. The molecule has 1 saturated heterocycles. The molecule has 1 saturated carbocycles. The molecule has 0 bridgehead atoms. The molecule has 0 aromatic heterocycles. The van der Waals surface area contributed by atoms with E-state index in [0.29, 0.717) is 25.0 Å². The van der Waals surface area contributed by atoms with Crippen molar-refractivity contribution in [1.29, 1.82) is 0 Å². The van der Waals surface area contributed by atoms with Gasteiger partial charge in [0.05, 0.1) is 12.6 Å². The van der Waals surface area contributed by atoms with Crippen molar-refractivity contribution >= 4 is 5.91 Å². The Bertz CT molecular complexity index is 257. The zero-order valence-corrected chi connectivity index (χ0v) is 11.2. The molecule has 4 heteroatoms. The summed E-state index contributed by atoms with van der Waals surface area (Å²) in [7, 11) is 0. The molecule has 1 aliphatic carbocycles. The molecule has 1 aliphatic heterocycles. The van der Waals surface area contributed by atoms with Crippen LogP contribution < -0.4 is 11.1 Å². The molecule has 3 N–H and O–H groups in total. The van der Waals surface area contributed by atoms with Gasteiger partial charge in [-0.15, -0.1) is 0 Å². The van der Waals surface area contributed by atoms with Crippen LogP contribution in [-0.2, 0) is 9.53 Å². The molecule has 104 valence electrons. The second-order valence-corrected chi connectivity index (χ2v) is 5.80. The smallest absolute Gasteiger partial charge is 0.220 e. The van der Waals surface area contributed by atoms with Crippen LogP contribution in [0.2, 0.25) is 0 Å². The molecular weight excluding hydrogens is 228 g/mol. The predicted molar refractivity (Wildman–Crippen MR) is 71.2 cm³/mol. The van der Waals surface area contributed by atoms with Gasteiger partial charge in [-0.25, -0.2) is 0 Å². The summed E-state index contributed by atoms with van der Waals surface area (Å²) in [6, 6.07) is 0.639. The molecule has 0 aromatic rings. The van der Waals surface area contributed by atoms with E-state index in [-0.39, 0.29) is 11.9 Å². The summed E-state index contributed by atoms with van der Waals surface area (Å²) in [5, 5.41) is 3.08. The highest BCUT2D eigenvalue weighted by molar-refractivity contribution is 5.76. The fraction of sp³-hybridized carbons (Fsp3) is 0.929. The highest BCUT2D eigenvalue weighted by Gasteiger charge is 2.20. The minimum atomic E-state index is 0.195. The van der Waals surface area contributed by atoms with Gasteiger partial charge in [0.25, 0.3) is 0 Å². The zero-order valence-electron chi connectivity index (χ0n) is 11.2. The van der Waals surface area contributed by atoms with Crippen molar-refractivity contribution in [2.75, 3.05) is 13.2 Å². The first-order valence-corrected chi connectivity index (χ1v) is 7.36. The second kappa shape index (κ2) is 7.10. The molecule has 2 fully saturated rings. The standard InChI is InChI=1S/C14H26N2O2/c15-12-6-3-11(4-7-12)5-8-14(17)16-13-2-1-9-18-10-13/h11-13H,1-10,15H2,(H,16,17). The first kappa shape index (κ1) is 13.8. The molecule has 1 heterocycles. The molecule has 0 aromatic carbocycles. The number of hydrogen-bond donors (Lipinski definition) is 2. The summed E-state index contributed by atoms with van der Waals surface area (Å²) in [6.07, 6.45) is 8.45. The second-order valence-electron chi connectivity index (χ2n) is 5.80. The highest BCUT2D eigenvalue weighted by Crippen LogP contribution is 2.26. The van der Waals surface area contributed by atoms with Gasteiger partial charge in [-0.1, -0.05) is 0 Å². The van der Waals surface area contributed by atoms with Crippen LogP contribution >= 0.6 is 0 Å². The van der Waals surface area contributed by atoms with Crippen LogP contribution in [0.25, 0.3) is 0 Å². The van der Waals surface area contributed by atoms with Crippen molar-refractivity contribution in [3.05, 3.63) is 0 Å². The molecule has 1 amide bonds. The van der Waals surface area contributed by atoms with Gasteiger partial charge in [0.1, 0.15) is 0 Å². The molecule has 0 radical (unpaired) electrons. The van der Waals surface area contributed by atoms with Crippen LogP contribution in [0.15, 0.2) is 0 Å². The summed E-state index contributed by atoms with van der Waals surface area (Å²) >= 11 is 0. The first-order valence-electron chi connectivity index (χ1n) is 7.36. The molecule has 2 rings (SSSR count). The summed E-state index contributed by atoms with van der Waals surface area (Å²) in [4.78, 5) is 11.8. The lowest BCUT2D eigenvalue weighted by Crippen LogP contribution is -2.40. The van der Waals surface area contributed by atoms with Gasteiger partial charge in [0.2, 0.25) is 5.91 Å². The average Bonchev–Trinajstić information content (AvgIpc) is 2.39. The Balaban J connectivity index is 1.59. The van der Waals surface area contributed by atoms with Crippen molar-refractivity contribution < 1.29 is 9.53 Å². The van der Waals surface area contributed by atoms with Crippen molar-refractivity contribution in [2.45, 2.75) is 63.5 Å². The van der Waals surface area contributed by atoms with Crippen molar-refractivity contribution in [3.8, 4) is 0 Å². The summed E-state index contributed by atoms with van der Waals surface area (Å²) in [5.41, 5.74) is 5.88. The van der Waals surface area contributed by atoms with Crippen molar-refractivity contribution in [2.24, 2.45) is 11.7 Å². The Labute approximate surface area is 110 Å². The van der Waals surface area contributed by atoms with Gasteiger partial charge in [-0.3, -0.25) is 4.79 Å². The first-order chi connectivity index (χ1) is 8.74. The van der Waals surface area contributed by atoms with Crippen LogP contribution in [0.4, 0.5) is 0 Å². The number of carbonyl (C=O) groups excluding carboxylic acids is 1. The Kier molecular flexibility index (Phi) is 5.45. The van der Waals surface area contributed by atoms with E-state index in [2.05, 4.69) is 5.32 Å². The molecule has 0 spiro atoms. The number of carbonyl (C=O) groups is 1. The fourth-order valence-corrected chi connectivity index (χ4v) is 2.97. The summed E-state index contributed by atoms with van der Waals surface area (Å²) < 4.78 is 5.36. The van der Waals surface area contributed by atoms with E-state index in [9.17, 15) is 4.79 Å². The third-order valence-electron chi connectivity index (χ3n) is 4.20. The molecular formula is C14H26N2O2. The van der Waals surface area contributed by atoms with Crippen LogP contribution in [0.3, 0.4) is 0 Å². The van der Waals surface area contributed by atoms with Crippen molar-refractivity contribution in [3.63, 3.8) is 0 Å². The van der Waals surface area contributed by atoms with Gasteiger partial charge in [0, 0.05) is 19.1 Å². The minimum Gasteiger partial charge on any atom is -0.379 e. The Hall–Kier alpha value is -0.610. The number of ether oxygens (including phenoxy) is 1. The van der Waals surface area contributed by atoms with E-state index in [1.807, 2.05) is 0 Å². The Morgan fingerprint density at radius 2 is 2.00 bits per heavy atom. The Morgan fingerprint density at radius 1 is 1.22 bits per heavy atom. The minimum absolute atomic E-state index is 0.195. The fourth-order valence-electron chi connectivity index (χ4n) is 2.97. The molecule has 1 atom stereocenters. The Morgan fingerprint density at radius 3 is 2.67 bits per heavy atom. The number of nitrogens with two attached hydrogens (primary N) is 1. The average molecular weight is 254 g/mol. The van der Waals surface area contributed by atoms with E-state index in [1.165, 1.54) is 12.8 Å². The molecule has 18 heavy (non-hydrogen) atoms. The monoisotopic (exact) mass is 254 g/mol. The predicted octanol–water partition coefficient (Wildman–Crippen LogP) is 1.58. The highest BCUT2D eigenvalue weighted by atomic mass is 16.5. The third kappa shape index (κ3) is 4.58. The zero-order chi connectivity index (χ0) is 12.8. The lowest BCUT2D eigenvalue weighted by Gasteiger charge is -2.26. The van der Waals surface area contributed by atoms with E-state index < -0.39 is 0 Å². The number of rotatable bonds is 4. The topological polar surface area (TPSA) is 64.4 Å². The molecule has 4 nitrogen and oxygen atoms in total. The van der Waals surface area contributed by atoms with E-state index >= 15 is 0 Å². The number of amides is 1. The SMILES string of the molecule is NC1CCC(CCC(=O)NC2CCCOC2)CC1. The van der Waals surface area contributed by atoms with E-state index in [1.54, 1.807) is 0 Å². The maximum absolute atomic E-state index is 11.8. The quantitative estimate of drug-likeness (QED) is 0.800. The van der Waals surface area contributed by atoms with Gasteiger partial charge < -0.3 is 15.8 Å². The maximum atomic E-state index is 11.8. The normalized spacial score (nSPS) is 33.1.